The first kappa shape index (κ1) is 24.8. The number of nitrogens with zero attached hydrogens (tertiary/aromatic N) is 1. The molecule has 1 aromatic rings. The average Bonchev–Trinajstić information content (AvgIpc) is 2.71. The Kier molecular flexibility index (Phi) is 10.7. The molecule has 0 saturated carbocycles. The molecule has 4 unspecified atom stereocenters. The summed E-state index contributed by atoms with van der Waals surface area (Å²) in [7, 11) is -2.23. The SMILES string of the molecule is CC(CCCCCCN)O[P+](=O)NC1CSC(c2ccccc2)N(CC(=O)O)C1=O. The second-order valence-corrected chi connectivity index (χ2v) is 9.40. The van der Waals surface area contributed by atoms with Crippen molar-refractivity contribution in [1.82, 2.24) is 9.99 Å². The minimum absolute atomic E-state index is 0.197. The van der Waals surface area contributed by atoms with Gasteiger partial charge in [-0.05, 0) is 36.4 Å². The number of aliphatic carboxylic acids is 1. The second kappa shape index (κ2) is 13.0. The lowest BCUT2D eigenvalue weighted by Crippen LogP contribution is -2.52. The van der Waals surface area contributed by atoms with Crippen LogP contribution in [0.15, 0.2) is 30.3 Å². The zero-order valence-corrected chi connectivity index (χ0v) is 18.9. The summed E-state index contributed by atoms with van der Waals surface area (Å²) >= 11 is 1.45. The lowest BCUT2D eigenvalue weighted by molar-refractivity contribution is -0.145. The van der Waals surface area contributed by atoms with Crippen molar-refractivity contribution in [1.29, 1.82) is 0 Å². The number of hydrogen-bond donors (Lipinski definition) is 3. The molecule has 1 fully saturated rings. The molecule has 30 heavy (non-hydrogen) atoms. The Morgan fingerprint density at radius 1 is 1.33 bits per heavy atom. The summed E-state index contributed by atoms with van der Waals surface area (Å²) in [6.07, 6.45) is 4.68. The number of carboxylic acids is 1. The highest BCUT2D eigenvalue weighted by molar-refractivity contribution is 7.99. The third kappa shape index (κ3) is 7.96. The molecule has 8 nitrogen and oxygen atoms in total. The molecule has 0 aromatic heterocycles. The van der Waals surface area contributed by atoms with Gasteiger partial charge >= 0.3 is 14.1 Å². The monoisotopic (exact) mass is 456 g/mol. The van der Waals surface area contributed by atoms with Crippen LogP contribution < -0.4 is 10.8 Å². The molecule has 1 aromatic carbocycles. The molecule has 0 spiro atoms. The molecule has 1 saturated heterocycles. The Morgan fingerprint density at radius 3 is 2.70 bits per heavy atom. The highest BCUT2D eigenvalue weighted by atomic mass is 32.2. The van der Waals surface area contributed by atoms with Crippen LogP contribution >= 0.6 is 19.9 Å². The van der Waals surface area contributed by atoms with Gasteiger partial charge in [0.1, 0.15) is 24.1 Å². The molecule has 0 radical (unpaired) electrons. The van der Waals surface area contributed by atoms with Crippen molar-refractivity contribution in [2.24, 2.45) is 5.73 Å². The molecule has 4 N–H and O–H groups in total. The second-order valence-electron chi connectivity index (χ2n) is 7.30. The maximum absolute atomic E-state index is 12.9. The summed E-state index contributed by atoms with van der Waals surface area (Å²) in [5, 5.41) is 11.6. The van der Waals surface area contributed by atoms with E-state index in [1.807, 2.05) is 37.3 Å². The lowest BCUT2D eigenvalue weighted by Gasteiger charge is -2.36. The summed E-state index contributed by atoms with van der Waals surface area (Å²) in [4.78, 5) is 25.6. The molecule has 4 atom stereocenters. The van der Waals surface area contributed by atoms with E-state index in [9.17, 15) is 19.3 Å². The molecule has 166 valence electrons. The fourth-order valence-corrected chi connectivity index (χ4v) is 5.64. The van der Waals surface area contributed by atoms with Crippen LogP contribution in [0.1, 0.15) is 50.0 Å². The Bertz CT molecular complexity index is 709. The number of carbonyl (C=O) groups excluding carboxylic acids is 1. The van der Waals surface area contributed by atoms with E-state index in [4.69, 9.17) is 10.3 Å². The number of amides is 1. The average molecular weight is 457 g/mol. The van der Waals surface area contributed by atoms with E-state index in [1.54, 1.807) is 0 Å². The summed E-state index contributed by atoms with van der Waals surface area (Å²) in [6, 6.07) is 8.55. The Labute approximate surface area is 182 Å². The molecule has 1 aliphatic rings. The number of carbonyl (C=O) groups is 2. The van der Waals surface area contributed by atoms with Crippen LogP contribution in [-0.2, 0) is 18.7 Å². The van der Waals surface area contributed by atoms with Gasteiger partial charge in [-0.25, -0.2) is 0 Å². The number of benzene rings is 1. The first-order chi connectivity index (χ1) is 14.4. The number of hydrogen-bond acceptors (Lipinski definition) is 6. The third-order valence-corrected chi connectivity index (χ3v) is 7.22. The number of unbranched alkanes of at least 4 members (excludes halogenated alkanes) is 3. The van der Waals surface area contributed by atoms with E-state index < -0.39 is 26.7 Å². The van der Waals surface area contributed by atoms with Crippen molar-refractivity contribution in [3.63, 3.8) is 0 Å². The van der Waals surface area contributed by atoms with Crippen molar-refractivity contribution < 1.29 is 23.8 Å². The van der Waals surface area contributed by atoms with Gasteiger partial charge in [-0.1, -0.05) is 54.7 Å². The molecule has 1 amide bonds. The Hall–Kier alpha value is -1.51. The van der Waals surface area contributed by atoms with Gasteiger partial charge in [0.2, 0.25) is 5.91 Å². The Balaban J connectivity index is 1.89. The maximum Gasteiger partial charge on any atom is 0.614 e. The van der Waals surface area contributed by atoms with E-state index in [0.717, 1.165) is 37.7 Å². The van der Waals surface area contributed by atoms with Crippen molar-refractivity contribution in [2.75, 3.05) is 18.8 Å². The minimum atomic E-state index is -2.23. The molecule has 0 aliphatic carbocycles. The van der Waals surface area contributed by atoms with Crippen LogP contribution in [0.25, 0.3) is 0 Å². The van der Waals surface area contributed by atoms with Gasteiger partial charge < -0.3 is 15.7 Å². The van der Waals surface area contributed by atoms with Gasteiger partial charge in [-0.15, -0.1) is 16.3 Å². The van der Waals surface area contributed by atoms with E-state index in [-0.39, 0.29) is 17.4 Å². The van der Waals surface area contributed by atoms with E-state index in [0.29, 0.717) is 12.3 Å². The van der Waals surface area contributed by atoms with Crippen LogP contribution in [-0.4, -0.2) is 52.9 Å². The van der Waals surface area contributed by atoms with E-state index in [1.165, 1.54) is 16.7 Å². The van der Waals surface area contributed by atoms with Crippen LogP contribution in [0, 0.1) is 0 Å². The molecule has 0 bridgehead atoms. The van der Waals surface area contributed by atoms with E-state index >= 15 is 0 Å². The summed E-state index contributed by atoms with van der Waals surface area (Å²) in [5.74, 6) is -1.09. The van der Waals surface area contributed by atoms with Gasteiger partial charge in [0.15, 0.2) is 0 Å². The fraction of sp³-hybridized carbons (Fsp3) is 0.600. The Morgan fingerprint density at radius 2 is 2.03 bits per heavy atom. The summed E-state index contributed by atoms with van der Waals surface area (Å²) < 4.78 is 17.9. The zero-order chi connectivity index (χ0) is 21.9. The number of carboxylic acid groups (broad SMARTS) is 1. The highest BCUT2D eigenvalue weighted by Crippen LogP contribution is 2.38. The highest BCUT2D eigenvalue weighted by Gasteiger charge is 2.42. The summed E-state index contributed by atoms with van der Waals surface area (Å²) in [5.41, 5.74) is 6.34. The predicted molar refractivity (Wildman–Crippen MR) is 118 cm³/mol. The molecule has 2 rings (SSSR count). The maximum atomic E-state index is 12.9. The van der Waals surface area contributed by atoms with Crippen molar-refractivity contribution in [3.8, 4) is 0 Å². The normalized spacial score (nSPS) is 20.8. The largest absolute Gasteiger partial charge is 0.614 e. The smallest absolute Gasteiger partial charge is 0.480 e. The van der Waals surface area contributed by atoms with Gasteiger partial charge in [-0.2, -0.15) is 0 Å². The number of nitrogens with two attached hydrogens (primary N) is 1. The topological polar surface area (TPSA) is 122 Å². The van der Waals surface area contributed by atoms with Crippen LogP contribution in [0.3, 0.4) is 0 Å². The van der Waals surface area contributed by atoms with Crippen molar-refractivity contribution >= 4 is 31.8 Å². The molecule has 10 heteroatoms. The van der Waals surface area contributed by atoms with Crippen LogP contribution in [0.5, 0.6) is 0 Å². The first-order valence-corrected chi connectivity index (χ1v) is 12.4. The zero-order valence-electron chi connectivity index (χ0n) is 17.2. The third-order valence-electron chi connectivity index (χ3n) is 4.78. The van der Waals surface area contributed by atoms with Gasteiger partial charge in [-0.3, -0.25) is 9.59 Å². The number of nitrogens with one attached hydrogen (secondary N) is 1. The summed E-state index contributed by atoms with van der Waals surface area (Å²) in [6.45, 7) is 2.14. The van der Waals surface area contributed by atoms with Crippen LogP contribution in [0.4, 0.5) is 0 Å². The molecule has 1 heterocycles. The van der Waals surface area contributed by atoms with Crippen molar-refractivity contribution in [3.05, 3.63) is 35.9 Å². The number of rotatable bonds is 13. The van der Waals surface area contributed by atoms with Crippen LogP contribution in [0.2, 0.25) is 0 Å². The van der Waals surface area contributed by atoms with Crippen molar-refractivity contribution in [2.45, 2.75) is 56.5 Å². The molecular weight excluding hydrogens is 425 g/mol. The van der Waals surface area contributed by atoms with Gasteiger partial charge in [0, 0.05) is 5.75 Å². The minimum Gasteiger partial charge on any atom is -0.480 e. The molecular formula is C20H31N3O5PS+. The lowest BCUT2D eigenvalue weighted by atomic mass is 10.1. The van der Waals surface area contributed by atoms with E-state index in [2.05, 4.69) is 5.09 Å². The quantitative estimate of drug-likeness (QED) is 0.305. The van der Waals surface area contributed by atoms with Gasteiger partial charge in [0.05, 0.1) is 0 Å². The first-order valence-electron chi connectivity index (χ1n) is 10.2. The number of thioether (sulfide) groups is 1. The fourth-order valence-electron chi connectivity index (χ4n) is 3.26. The predicted octanol–water partition coefficient (Wildman–Crippen LogP) is 3.28. The molecule has 1 aliphatic heterocycles. The van der Waals surface area contributed by atoms with Gasteiger partial charge in [0.25, 0.3) is 0 Å². The standard InChI is InChI=1S/C20H30N3O5PS/c1-15(9-5-2-3-8-12-21)28-29(27)22-17-14-30-20(16-10-6-4-7-11-16)23(19(17)26)13-18(24)25/h4,6-7,10-11,15,17,20H,2-3,5,8-9,12-14,21H2,1H3,(H-,22,24,25,27)/p+1.